The Bertz CT molecular complexity index is 542. The van der Waals surface area contributed by atoms with Gasteiger partial charge in [0.2, 0.25) is 10.0 Å². The molecule has 0 atom stereocenters. The molecule has 1 saturated carbocycles. The molecule has 0 aromatic rings. The number of rotatable bonds is 10. The predicted molar refractivity (Wildman–Crippen MR) is 129 cm³/mol. The van der Waals surface area contributed by atoms with E-state index in [1.54, 1.807) is 4.31 Å². The van der Waals surface area contributed by atoms with Crippen molar-refractivity contribution in [3.63, 3.8) is 0 Å². The lowest BCUT2D eigenvalue weighted by atomic mass is 10.0. The van der Waals surface area contributed by atoms with Crippen LogP contribution in [0.1, 0.15) is 78.1 Å². The molecular formula is C20H41IN4O2S. The highest BCUT2D eigenvalue weighted by Gasteiger charge is 2.27. The fourth-order valence-electron chi connectivity index (χ4n) is 4.21. The van der Waals surface area contributed by atoms with Gasteiger partial charge in [0, 0.05) is 32.2 Å². The number of hydrogen-bond donors (Lipinski definition) is 2. The number of nitrogens with one attached hydrogen (secondary N) is 2. The minimum absolute atomic E-state index is 0. The molecule has 0 spiro atoms. The molecule has 166 valence electrons. The van der Waals surface area contributed by atoms with Crippen molar-refractivity contribution in [2.45, 2.75) is 84.1 Å². The summed E-state index contributed by atoms with van der Waals surface area (Å²) in [5.41, 5.74) is 0. The SMILES string of the molecule is CCCS(=O)(=O)N1CCC(NC(=NCCCCC2CCCC2)NCC)CC1.I. The van der Waals surface area contributed by atoms with Crippen LogP contribution in [-0.2, 0) is 10.0 Å². The van der Waals surface area contributed by atoms with Crippen molar-refractivity contribution in [3.05, 3.63) is 0 Å². The molecule has 2 N–H and O–H groups in total. The van der Waals surface area contributed by atoms with E-state index in [1.807, 2.05) is 6.92 Å². The van der Waals surface area contributed by atoms with Gasteiger partial charge < -0.3 is 10.6 Å². The maximum absolute atomic E-state index is 12.2. The van der Waals surface area contributed by atoms with E-state index >= 15 is 0 Å². The smallest absolute Gasteiger partial charge is 0.214 e. The molecule has 2 rings (SSSR count). The van der Waals surface area contributed by atoms with Gasteiger partial charge in [0.05, 0.1) is 5.75 Å². The summed E-state index contributed by atoms with van der Waals surface area (Å²) in [5.74, 6) is 2.11. The monoisotopic (exact) mass is 528 g/mol. The molecule has 1 heterocycles. The van der Waals surface area contributed by atoms with Gasteiger partial charge in [-0.3, -0.25) is 4.99 Å². The fourth-order valence-corrected chi connectivity index (χ4v) is 5.75. The molecule has 2 fully saturated rings. The molecule has 8 heteroatoms. The topological polar surface area (TPSA) is 73.8 Å². The quantitative estimate of drug-likeness (QED) is 0.196. The van der Waals surface area contributed by atoms with Crippen molar-refractivity contribution in [1.82, 2.24) is 14.9 Å². The maximum atomic E-state index is 12.2. The third-order valence-electron chi connectivity index (χ3n) is 5.76. The lowest BCUT2D eigenvalue weighted by Gasteiger charge is -2.32. The van der Waals surface area contributed by atoms with Crippen molar-refractivity contribution < 1.29 is 8.42 Å². The van der Waals surface area contributed by atoms with Crippen LogP contribution in [0, 0.1) is 5.92 Å². The molecule has 1 aliphatic carbocycles. The van der Waals surface area contributed by atoms with Gasteiger partial charge in [-0.15, -0.1) is 24.0 Å². The second kappa shape index (κ2) is 14.0. The van der Waals surface area contributed by atoms with Crippen molar-refractivity contribution in [1.29, 1.82) is 0 Å². The first-order chi connectivity index (χ1) is 13.0. The molecule has 0 radical (unpaired) electrons. The predicted octanol–water partition coefficient (Wildman–Crippen LogP) is 3.72. The standard InChI is InChI=1S/C20H40N4O2S.HI/c1-3-17-27(25,26)24-15-12-19(13-16-24)23-20(21-4-2)22-14-8-7-11-18-9-5-6-10-18;/h18-19H,3-17H2,1-2H3,(H2,21,22,23);1H. The number of hydrogen-bond acceptors (Lipinski definition) is 3. The van der Waals surface area contributed by atoms with Crippen molar-refractivity contribution in [3.8, 4) is 0 Å². The average Bonchev–Trinajstić information content (AvgIpc) is 3.15. The summed E-state index contributed by atoms with van der Waals surface area (Å²) < 4.78 is 26.0. The van der Waals surface area contributed by atoms with Crippen molar-refractivity contribution in [2.24, 2.45) is 10.9 Å². The Hall–Kier alpha value is -0.0900. The minimum atomic E-state index is -3.06. The molecule has 6 nitrogen and oxygen atoms in total. The third kappa shape index (κ3) is 9.15. The molecule has 1 saturated heterocycles. The summed E-state index contributed by atoms with van der Waals surface area (Å²) in [6.07, 6.45) is 11.9. The van der Waals surface area contributed by atoms with Gasteiger partial charge in [-0.2, -0.15) is 0 Å². The zero-order valence-corrected chi connectivity index (χ0v) is 20.9. The van der Waals surface area contributed by atoms with E-state index in [9.17, 15) is 8.42 Å². The number of halogens is 1. The second-order valence-corrected chi connectivity index (χ2v) is 10.1. The molecule has 0 amide bonds. The summed E-state index contributed by atoms with van der Waals surface area (Å²) in [7, 11) is -3.06. The Morgan fingerprint density at radius 1 is 1.07 bits per heavy atom. The van der Waals surface area contributed by atoms with Crippen LogP contribution in [0.5, 0.6) is 0 Å². The minimum Gasteiger partial charge on any atom is -0.357 e. The second-order valence-electron chi connectivity index (χ2n) is 8.04. The summed E-state index contributed by atoms with van der Waals surface area (Å²) in [6.45, 7) is 6.93. The molecule has 0 bridgehead atoms. The molecule has 0 aromatic carbocycles. The number of aliphatic imine (C=N–C) groups is 1. The van der Waals surface area contributed by atoms with Gasteiger partial charge in [0.15, 0.2) is 5.96 Å². The van der Waals surface area contributed by atoms with Crippen LogP contribution in [0.2, 0.25) is 0 Å². The Labute approximate surface area is 189 Å². The molecule has 0 aromatic heterocycles. The van der Waals surface area contributed by atoms with E-state index in [2.05, 4.69) is 17.6 Å². The molecule has 1 aliphatic heterocycles. The molecule has 0 unspecified atom stereocenters. The largest absolute Gasteiger partial charge is 0.357 e. The van der Waals surface area contributed by atoms with Crippen LogP contribution in [0.25, 0.3) is 0 Å². The number of sulfonamides is 1. The average molecular weight is 529 g/mol. The first kappa shape index (κ1) is 25.9. The Morgan fingerprint density at radius 3 is 2.36 bits per heavy atom. The summed E-state index contributed by atoms with van der Waals surface area (Å²) in [4.78, 5) is 4.73. The highest BCUT2D eigenvalue weighted by molar-refractivity contribution is 14.0. The van der Waals surface area contributed by atoms with E-state index in [0.717, 1.165) is 44.2 Å². The van der Waals surface area contributed by atoms with E-state index in [-0.39, 0.29) is 29.7 Å². The Kier molecular flexibility index (Phi) is 13.0. The van der Waals surface area contributed by atoms with Crippen molar-refractivity contribution in [2.75, 3.05) is 31.9 Å². The zero-order chi connectivity index (χ0) is 19.5. The van der Waals surface area contributed by atoms with Crippen molar-refractivity contribution >= 4 is 40.0 Å². The summed E-state index contributed by atoms with van der Waals surface area (Å²) >= 11 is 0. The van der Waals surface area contributed by atoms with E-state index in [0.29, 0.717) is 25.6 Å². The molecular weight excluding hydrogens is 487 g/mol. The number of unbranched alkanes of at least 4 members (excludes halogenated alkanes) is 1. The highest BCUT2D eigenvalue weighted by Crippen LogP contribution is 2.28. The maximum Gasteiger partial charge on any atom is 0.214 e. The van der Waals surface area contributed by atoms with E-state index in [1.165, 1.54) is 38.5 Å². The van der Waals surface area contributed by atoms with Gasteiger partial charge in [0.25, 0.3) is 0 Å². The van der Waals surface area contributed by atoms with Gasteiger partial charge in [-0.05, 0) is 38.5 Å². The Balaban J connectivity index is 0.00000392. The number of nitrogens with zero attached hydrogens (tertiary/aromatic N) is 2. The number of guanidine groups is 1. The third-order valence-corrected chi connectivity index (χ3v) is 7.84. The lowest BCUT2D eigenvalue weighted by molar-refractivity contribution is 0.306. The van der Waals surface area contributed by atoms with E-state index < -0.39 is 10.0 Å². The van der Waals surface area contributed by atoms with Crippen LogP contribution >= 0.6 is 24.0 Å². The summed E-state index contributed by atoms with van der Waals surface area (Å²) in [6, 6.07) is 0.300. The fraction of sp³-hybridized carbons (Fsp3) is 0.950. The lowest BCUT2D eigenvalue weighted by Crippen LogP contribution is -2.50. The molecule has 2 aliphatic rings. The van der Waals surface area contributed by atoms with Gasteiger partial charge >= 0.3 is 0 Å². The van der Waals surface area contributed by atoms with Crippen LogP contribution < -0.4 is 10.6 Å². The van der Waals surface area contributed by atoms with Crippen LogP contribution in [0.15, 0.2) is 4.99 Å². The Morgan fingerprint density at radius 2 is 1.75 bits per heavy atom. The first-order valence-corrected chi connectivity index (χ1v) is 12.7. The zero-order valence-electron chi connectivity index (χ0n) is 17.8. The van der Waals surface area contributed by atoms with Crippen LogP contribution in [0.4, 0.5) is 0 Å². The van der Waals surface area contributed by atoms with Crippen LogP contribution in [0.3, 0.4) is 0 Å². The summed E-state index contributed by atoms with van der Waals surface area (Å²) in [5, 5.41) is 6.84. The van der Waals surface area contributed by atoms with Crippen LogP contribution in [-0.4, -0.2) is 56.7 Å². The molecule has 28 heavy (non-hydrogen) atoms. The highest BCUT2D eigenvalue weighted by atomic mass is 127. The number of piperidine rings is 1. The van der Waals surface area contributed by atoms with E-state index in [4.69, 9.17) is 4.99 Å². The van der Waals surface area contributed by atoms with Gasteiger partial charge in [-0.1, -0.05) is 45.4 Å². The first-order valence-electron chi connectivity index (χ1n) is 11.1. The van der Waals surface area contributed by atoms with Gasteiger partial charge in [0.1, 0.15) is 0 Å². The van der Waals surface area contributed by atoms with Gasteiger partial charge in [-0.25, -0.2) is 12.7 Å². The normalized spacial score (nSPS) is 20.1.